The minimum Gasteiger partial charge on any atom is -0.497 e. The Bertz CT molecular complexity index is 1240. The number of fused-ring (bicyclic) bond motifs is 3. The molecule has 9 heteroatoms. The molecule has 0 saturated carbocycles. The van der Waals surface area contributed by atoms with Crippen LogP contribution < -0.4 is 9.47 Å². The van der Waals surface area contributed by atoms with Crippen LogP contribution in [0, 0.1) is 0 Å². The van der Waals surface area contributed by atoms with E-state index in [0.29, 0.717) is 25.3 Å². The number of hydrogen-bond acceptors (Lipinski definition) is 8. The van der Waals surface area contributed by atoms with Crippen molar-refractivity contribution in [3.8, 4) is 11.5 Å². The largest absolute Gasteiger partial charge is 0.497 e. The van der Waals surface area contributed by atoms with Gasteiger partial charge in [-0.05, 0) is 102 Å². The molecule has 4 aliphatic heterocycles. The predicted octanol–water partition coefficient (Wildman–Crippen LogP) is 4.32. The van der Waals surface area contributed by atoms with Crippen molar-refractivity contribution in [3.05, 3.63) is 35.1 Å². The third kappa shape index (κ3) is 4.69. The molecule has 4 heterocycles. The minimum atomic E-state index is -1.35. The Hall–Kier alpha value is -2.78. The first-order valence-electron chi connectivity index (χ1n) is 15.3. The summed E-state index contributed by atoms with van der Waals surface area (Å²) in [7, 11) is 1.65. The van der Waals surface area contributed by atoms with Crippen molar-refractivity contribution in [2.45, 2.75) is 101 Å². The van der Waals surface area contributed by atoms with Gasteiger partial charge in [0.05, 0.1) is 30.6 Å². The summed E-state index contributed by atoms with van der Waals surface area (Å²) in [6.45, 7) is 11.1. The Kier molecular flexibility index (Phi) is 7.25. The molecular weight excluding hydrogens is 524 g/mol. The normalized spacial score (nSPS) is 31.4. The van der Waals surface area contributed by atoms with Gasteiger partial charge in [0.25, 0.3) is 0 Å². The van der Waals surface area contributed by atoms with Crippen LogP contribution in [0.2, 0.25) is 0 Å². The zero-order valence-electron chi connectivity index (χ0n) is 25.1. The number of nitrogens with zero attached hydrogens (tertiary/aromatic N) is 2. The Labute approximate surface area is 243 Å². The third-order valence-corrected chi connectivity index (χ3v) is 9.95. The fraction of sp³-hybridized carbons (Fsp3) is 0.688. The number of carbonyl (C=O) groups is 2. The summed E-state index contributed by atoms with van der Waals surface area (Å²) in [4.78, 5) is 32.1. The highest BCUT2D eigenvalue weighted by molar-refractivity contribution is 5.88. The number of amides is 1. The summed E-state index contributed by atoms with van der Waals surface area (Å²) in [5.74, 6) is 1.39. The zero-order valence-corrected chi connectivity index (χ0v) is 25.1. The van der Waals surface area contributed by atoms with Crippen molar-refractivity contribution in [3.63, 3.8) is 0 Å². The number of ether oxygens (including phenoxy) is 5. The Morgan fingerprint density at radius 1 is 1.05 bits per heavy atom. The lowest BCUT2D eigenvalue weighted by molar-refractivity contribution is -0.215. The lowest BCUT2D eigenvalue weighted by Crippen LogP contribution is -2.55. The van der Waals surface area contributed by atoms with Crippen molar-refractivity contribution in [1.29, 1.82) is 0 Å². The van der Waals surface area contributed by atoms with Crippen molar-refractivity contribution >= 4 is 11.9 Å². The molecular formula is C32H44N2O7. The lowest BCUT2D eigenvalue weighted by atomic mass is 9.77. The predicted molar refractivity (Wildman–Crippen MR) is 152 cm³/mol. The molecule has 6 rings (SSSR count). The van der Waals surface area contributed by atoms with E-state index in [9.17, 15) is 9.59 Å². The van der Waals surface area contributed by atoms with Crippen molar-refractivity contribution in [1.82, 2.24) is 9.80 Å². The van der Waals surface area contributed by atoms with E-state index in [2.05, 4.69) is 23.1 Å². The summed E-state index contributed by atoms with van der Waals surface area (Å²) >= 11 is 0. The molecule has 1 spiro atoms. The molecule has 0 N–H and O–H groups in total. The topological polar surface area (TPSA) is 86.8 Å². The van der Waals surface area contributed by atoms with Gasteiger partial charge in [0.2, 0.25) is 12.7 Å². The van der Waals surface area contributed by atoms with Gasteiger partial charge in [-0.15, -0.1) is 0 Å². The van der Waals surface area contributed by atoms with Gasteiger partial charge in [0.15, 0.2) is 23.2 Å². The Morgan fingerprint density at radius 2 is 1.80 bits per heavy atom. The molecule has 5 aliphatic rings. The molecule has 1 aliphatic carbocycles. The molecule has 2 fully saturated rings. The fourth-order valence-electron chi connectivity index (χ4n) is 8.02. The molecule has 1 unspecified atom stereocenters. The van der Waals surface area contributed by atoms with E-state index in [4.69, 9.17) is 23.7 Å². The first-order chi connectivity index (χ1) is 19.6. The second-order valence-corrected chi connectivity index (χ2v) is 12.7. The SMILES string of the molecule is CCN(CC)C(=O)C[C@]1(C(=O)OC2C(OC)=C[C@@]34CCCN3CCc3cc5c(cc3[C@H]24)OCO5)CCCC(C)(C)O1. The van der Waals surface area contributed by atoms with Crippen LogP contribution in [-0.4, -0.2) is 84.6 Å². The molecule has 2 saturated heterocycles. The van der Waals surface area contributed by atoms with Gasteiger partial charge in [-0.3, -0.25) is 9.69 Å². The molecule has 224 valence electrons. The van der Waals surface area contributed by atoms with Gasteiger partial charge in [-0.25, -0.2) is 4.79 Å². The summed E-state index contributed by atoms with van der Waals surface area (Å²) in [6, 6.07) is 4.17. The van der Waals surface area contributed by atoms with Gasteiger partial charge >= 0.3 is 5.97 Å². The average Bonchev–Trinajstić information content (AvgIpc) is 3.62. The van der Waals surface area contributed by atoms with E-state index < -0.39 is 23.3 Å². The fourth-order valence-corrected chi connectivity index (χ4v) is 8.02. The van der Waals surface area contributed by atoms with Crippen LogP contribution in [0.4, 0.5) is 0 Å². The first-order valence-corrected chi connectivity index (χ1v) is 15.3. The van der Waals surface area contributed by atoms with Crippen LogP contribution in [0.5, 0.6) is 11.5 Å². The third-order valence-electron chi connectivity index (χ3n) is 9.95. The van der Waals surface area contributed by atoms with E-state index in [1.807, 2.05) is 27.7 Å². The maximum atomic E-state index is 14.5. The summed E-state index contributed by atoms with van der Waals surface area (Å²) in [6.07, 6.45) is 6.42. The standard InChI is InChI=1S/C32H44N2O7/c1-6-33(7-2)26(35)19-32(13-8-11-30(3,4)41-32)29(36)40-28-25(37-5)18-31-12-9-14-34(31)15-10-21-16-23-24(39-20-38-23)17-22(21)27(28)31/h16-18,27-28H,6-15,19-20H2,1-5H3/t27-,28?,31-,32+/m1/s1. The second-order valence-electron chi connectivity index (χ2n) is 12.7. The molecule has 0 aromatic heterocycles. The van der Waals surface area contributed by atoms with Crippen molar-refractivity contribution in [2.75, 3.05) is 40.1 Å². The number of benzene rings is 1. The van der Waals surface area contributed by atoms with Crippen LogP contribution in [0.25, 0.3) is 0 Å². The monoisotopic (exact) mass is 568 g/mol. The Morgan fingerprint density at radius 3 is 2.51 bits per heavy atom. The maximum absolute atomic E-state index is 14.5. The minimum absolute atomic E-state index is 0.0348. The number of esters is 1. The van der Waals surface area contributed by atoms with E-state index in [0.717, 1.165) is 62.3 Å². The lowest BCUT2D eigenvalue weighted by Gasteiger charge is -2.45. The molecule has 41 heavy (non-hydrogen) atoms. The molecule has 1 aromatic carbocycles. The van der Waals surface area contributed by atoms with Crippen LogP contribution in [0.15, 0.2) is 24.0 Å². The van der Waals surface area contributed by atoms with E-state index in [1.165, 1.54) is 5.56 Å². The molecule has 4 atom stereocenters. The van der Waals surface area contributed by atoms with Crippen LogP contribution in [0.3, 0.4) is 0 Å². The number of methoxy groups -OCH3 is 1. The van der Waals surface area contributed by atoms with Crippen LogP contribution in [0.1, 0.15) is 83.3 Å². The maximum Gasteiger partial charge on any atom is 0.339 e. The highest BCUT2D eigenvalue weighted by Crippen LogP contribution is 2.56. The summed E-state index contributed by atoms with van der Waals surface area (Å²) in [5, 5.41) is 0. The molecule has 0 radical (unpaired) electrons. The zero-order chi connectivity index (χ0) is 29.0. The highest BCUT2D eigenvalue weighted by Gasteiger charge is 2.60. The van der Waals surface area contributed by atoms with Gasteiger partial charge in [-0.2, -0.15) is 0 Å². The highest BCUT2D eigenvalue weighted by atomic mass is 16.7. The van der Waals surface area contributed by atoms with Crippen molar-refractivity contribution < 1.29 is 33.3 Å². The molecule has 1 amide bonds. The summed E-state index contributed by atoms with van der Waals surface area (Å²) < 4.78 is 30.6. The van der Waals surface area contributed by atoms with Gasteiger partial charge < -0.3 is 28.6 Å². The quantitative estimate of drug-likeness (QED) is 0.450. The number of carbonyl (C=O) groups excluding carboxylic acids is 2. The first kappa shape index (κ1) is 28.3. The second kappa shape index (κ2) is 10.5. The Balaban J connectivity index is 1.39. The van der Waals surface area contributed by atoms with E-state index in [1.54, 1.807) is 12.0 Å². The number of hydrogen-bond donors (Lipinski definition) is 0. The van der Waals surface area contributed by atoms with E-state index >= 15 is 0 Å². The van der Waals surface area contributed by atoms with Crippen LogP contribution in [-0.2, 0) is 30.2 Å². The number of rotatable bonds is 7. The van der Waals surface area contributed by atoms with E-state index in [-0.39, 0.29) is 30.6 Å². The van der Waals surface area contributed by atoms with Gasteiger partial charge in [0, 0.05) is 19.6 Å². The molecule has 0 bridgehead atoms. The average molecular weight is 569 g/mol. The summed E-state index contributed by atoms with van der Waals surface area (Å²) in [5.41, 5.74) is 0.0614. The van der Waals surface area contributed by atoms with Crippen LogP contribution >= 0.6 is 0 Å². The van der Waals surface area contributed by atoms with Gasteiger partial charge in [0.1, 0.15) is 5.76 Å². The molecule has 1 aromatic rings. The molecule has 9 nitrogen and oxygen atoms in total. The van der Waals surface area contributed by atoms with Crippen molar-refractivity contribution in [2.24, 2.45) is 0 Å². The van der Waals surface area contributed by atoms with Gasteiger partial charge in [-0.1, -0.05) is 0 Å². The smallest absolute Gasteiger partial charge is 0.339 e.